The molecule has 2 aromatic carbocycles. The lowest BCUT2D eigenvalue weighted by Gasteiger charge is -2.13. The summed E-state index contributed by atoms with van der Waals surface area (Å²) in [5, 5.41) is 6.68. The van der Waals surface area contributed by atoms with Crippen molar-refractivity contribution in [2.24, 2.45) is 5.92 Å². The smallest absolute Gasteiger partial charge is 0.187 e. The number of imidazole rings is 1. The first-order chi connectivity index (χ1) is 13.1. The van der Waals surface area contributed by atoms with Crippen molar-refractivity contribution in [2.75, 3.05) is 11.9 Å². The monoisotopic (exact) mass is 434 g/mol. The van der Waals surface area contributed by atoms with Gasteiger partial charge in [0.25, 0.3) is 0 Å². The van der Waals surface area contributed by atoms with Gasteiger partial charge >= 0.3 is 0 Å². The van der Waals surface area contributed by atoms with Crippen molar-refractivity contribution < 1.29 is 4.74 Å². The third-order valence-corrected chi connectivity index (χ3v) is 4.88. The Bertz CT molecular complexity index is 1040. The third-order valence-electron chi connectivity index (χ3n) is 3.89. The molecule has 2 aromatic heterocycles. The molecule has 0 bridgehead atoms. The van der Waals surface area contributed by atoms with Crippen LogP contribution in [-0.4, -0.2) is 21.6 Å². The van der Waals surface area contributed by atoms with Gasteiger partial charge in [-0.05, 0) is 36.2 Å². The minimum atomic E-state index is 0. The van der Waals surface area contributed by atoms with Gasteiger partial charge in [-0.15, -0.1) is 23.7 Å². The van der Waals surface area contributed by atoms with E-state index < -0.39 is 0 Å². The molecule has 0 spiro atoms. The number of rotatable bonds is 6. The maximum absolute atomic E-state index is 6.16. The molecule has 28 heavy (non-hydrogen) atoms. The number of H-pyrrole nitrogens is 1. The topological polar surface area (TPSA) is 62.8 Å². The lowest BCUT2D eigenvalue weighted by Crippen LogP contribution is -2.06. The summed E-state index contributed by atoms with van der Waals surface area (Å²) in [7, 11) is 0. The molecular formula is C20H20Cl2N4OS. The van der Waals surface area contributed by atoms with E-state index in [1.807, 2.05) is 47.8 Å². The van der Waals surface area contributed by atoms with E-state index in [1.165, 1.54) is 11.3 Å². The van der Waals surface area contributed by atoms with Crippen molar-refractivity contribution in [3.05, 3.63) is 52.9 Å². The molecule has 0 aliphatic heterocycles. The van der Waals surface area contributed by atoms with Crippen LogP contribution in [0.5, 0.6) is 5.75 Å². The molecule has 0 aliphatic carbocycles. The lowest BCUT2D eigenvalue weighted by molar-refractivity contribution is 0.272. The van der Waals surface area contributed by atoms with Crippen molar-refractivity contribution in [3.63, 3.8) is 0 Å². The van der Waals surface area contributed by atoms with Gasteiger partial charge in [0.2, 0.25) is 0 Å². The molecule has 0 atom stereocenters. The van der Waals surface area contributed by atoms with E-state index in [2.05, 4.69) is 34.1 Å². The Labute approximate surface area is 178 Å². The summed E-state index contributed by atoms with van der Waals surface area (Å²) in [4.78, 5) is 12.6. The van der Waals surface area contributed by atoms with Crippen LogP contribution >= 0.6 is 35.3 Å². The van der Waals surface area contributed by atoms with Gasteiger partial charge in [0.15, 0.2) is 11.0 Å². The summed E-state index contributed by atoms with van der Waals surface area (Å²) < 4.78 is 5.89. The molecule has 5 nitrogen and oxygen atoms in total. The van der Waals surface area contributed by atoms with Crippen LogP contribution in [0.1, 0.15) is 13.8 Å². The lowest BCUT2D eigenvalue weighted by atomic mass is 10.2. The first kappa shape index (κ1) is 20.5. The van der Waals surface area contributed by atoms with E-state index in [0.717, 1.165) is 39.1 Å². The molecule has 146 valence electrons. The van der Waals surface area contributed by atoms with E-state index in [9.17, 15) is 0 Å². The fraction of sp³-hybridized carbons (Fsp3) is 0.200. The van der Waals surface area contributed by atoms with Crippen LogP contribution in [0.25, 0.3) is 22.6 Å². The Morgan fingerprint density at radius 3 is 2.79 bits per heavy atom. The number of aromatic amines is 1. The highest BCUT2D eigenvalue weighted by Crippen LogP contribution is 2.33. The number of ether oxygens (including phenoxy) is 1. The zero-order valence-corrected chi connectivity index (χ0v) is 17.8. The SMILES string of the molecule is CC(C)COc1ccc(Cl)cc1Nc1nc(-c2nc3ccccc3[nH]2)cs1.Cl. The quantitative estimate of drug-likeness (QED) is 0.361. The first-order valence-electron chi connectivity index (χ1n) is 8.68. The van der Waals surface area contributed by atoms with Gasteiger partial charge < -0.3 is 15.0 Å². The summed E-state index contributed by atoms with van der Waals surface area (Å²) in [6.45, 7) is 4.87. The molecule has 2 N–H and O–H groups in total. The van der Waals surface area contributed by atoms with Crippen LogP contribution in [0.4, 0.5) is 10.8 Å². The second kappa shape index (κ2) is 8.82. The molecule has 0 fully saturated rings. The Morgan fingerprint density at radius 2 is 2.00 bits per heavy atom. The number of benzene rings is 2. The molecule has 0 saturated carbocycles. The molecule has 0 amide bonds. The molecular weight excluding hydrogens is 415 g/mol. The number of halogens is 2. The van der Waals surface area contributed by atoms with Gasteiger partial charge in [-0.1, -0.05) is 37.6 Å². The Morgan fingerprint density at radius 1 is 1.18 bits per heavy atom. The molecule has 8 heteroatoms. The van der Waals surface area contributed by atoms with E-state index >= 15 is 0 Å². The van der Waals surface area contributed by atoms with Crippen LogP contribution in [0, 0.1) is 5.92 Å². The average Bonchev–Trinajstić information content (AvgIpc) is 3.27. The average molecular weight is 435 g/mol. The fourth-order valence-corrected chi connectivity index (χ4v) is 3.49. The maximum Gasteiger partial charge on any atom is 0.187 e. The van der Waals surface area contributed by atoms with Crippen LogP contribution in [0.3, 0.4) is 0 Å². The molecule has 4 rings (SSSR count). The predicted octanol–water partition coefficient (Wildman–Crippen LogP) is 6.54. The molecule has 4 aromatic rings. The number of anilines is 2. The highest BCUT2D eigenvalue weighted by molar-refractivity contribution is 7.14. The Kier molecular flexibility index (Phi) is 6.44. The number of nitrogens with zero attached hydrogens (tertiary/aromatic N) is 2. The Hall–Kier alpha value is -2.28. The van der Waals surface area contributed by atoms with Crippen molar-refractivity contribution in [1.29, 1.82) is 0 Å². The van der Waals surface area contributed by atoms with Crippen molar-refractivity contribution in [2.45, 2.75) is 13.8 Å². The Balaban J connectivity index is 0.00000225. The van der Waals surface area contributed by atoms with Crippen LogP contribution in [0.2, 0.25) is 5.02 Å². The molecule has 0 radical (unpaired) electrons. The van der Waals surface area contributed by atoms with E-state index in [0.29, 0.717) is 17.5 Å². The van der Waals surface area contributed by atoms with Gasteiger partial charge in [-0.2, -0.15) is 0 Å². The summed E-state index contributed by atoms with van der Waals surface area (Å²) in [5.41, 5.74) is 3.52. The van der Waals surface area contributed by atoms with Crippen molar-refractivity contribution in [1.82, 2.24) is 15.0 Å². The summed E-state index contributed by atoms with van der Waals surface area (Å²) in [6.07, 6.45) is 0. The van der Waals surface area contributed by atoms with Crippen LogP contribution < -0.4 is 10.1 Å². The highest BCUT2D eigenvalue weighted by Gasteiger charge is 2.12. The standard InChI is InChI=1S/C20H19ClN4OS.ClH/c1-12(2)10-26-18-8-7-13(21)9-16(18)24-20-25-17(11-27-20)19-22-14-5-3-4-6-15(14)23-19;/h3-9,11-12H,10H2,1-2H3,(H,22,23)(H,24,25);1H. The normalized spacial score (nSPS) is 10.9. The number of hydrogen-bond acceptors (Lipinski definition) is 5. The van der Waals surface area contributed by atoms with Crippen LogP contribution in [-0.2, 0) is 0 Å². The third kappa shape index (κ3) is 4.58. The van der Waals surface area contributed by atoms with Gasteiger partial charge in [0.05, 0.1) is 23.3 Å². The van der Waals surface area contributed by atoms with E-state index in [4.69, 9.17) is 16.3 Å². The number of nitrogens with one attached hydrogen (secondary N) is 2. The van der Waals surface area contributed by atoms with Gasteiger partial charge in [-0.3, -0.25) is 0 Å². The fourth-order valence-electron chi connectivity index (χ4n) is 2.61. The summed E-state index contributed by atoms with van der Waals surface area (Å²) >= 11 is 7.67. The van der Waals surface area contributed by atoms with Crippen LogP contribution in [0.15, 0.2) is 47.8 Å². The predicted molar refractivity (Wildman–Crippen MR) is 120 cm³/mol. The van der Waals surface area contributed by atoms with Gasteiger partial charge in [0, 0.05) is 10.4 Å². The maximum atomic E-state index is 6.16. The summed E-state index contributed by atoms with van der Waals surface area (Å²) in [6, 6.07) is 13.5. The van der Waals surface area contributed by atoms with E-state index in [1.54, 1.807) is 0 Å². The molecule has 0 unspecified atom stereocenters. The molecule has 0 aliphatic rings. The minimum Gasteiger partial charge on any atom is -0.491 e. The molecule has 2 heterocycles. The minimum absolute atomic E-state index is 0. The largest absolute Gasteiger partial charge is 0.491 e. The van der Waals surface area contributed by atoms with E-state index in [-0.39, 0.29) is 12.4 Å². The second-order valence-electron chi connectivity index (χ2n) is 6.61. The van der Waals surface area contributed by atoms with Gasteiger partial charge in [0.1, 0.15) is 11.4 Å². The van der Waals surface area contributed by atoms with Crippen molar-refractivity contribution in [3.8, 4) is 17.3 Å². The number of para-hydroxylation sites is 2. The first-order valence-corrected chi connectivity index (χ1v) is 9.94. The summed E-state index contributed by atoms with van der Waals surface area (Å²) in [5.74, 6) is 1.95. The van der Waals surface area contributed by atoms with Gasteiger partial charge in [-0.25, -0.2) is 9.97 Å². The zero-order chi connectivity index (χ0) is 18.8. The number of aromatic nitrogens is 3. The number of fused-ring (bicyclic) bond motifs is 1. The molecule has 0 saturated heterocycles. The highest BCUT2D eigenvalue weighted by atomic mass is 35.5. The zero-order valence-electron chi connectivity index (χ0n) is 15.4. The van der Waals surface area contributed by atoms with Crippen molar-refractivity contribution >= 4 is 57.2 Å². The second-order valence-corrected chi connectivity index (χ2v) is 7.91. The number of thiazole rings is 1. The number of hydrogen-bond donors (Lipinski definition) is 2.